The number of hydrogen-bond donors (Lipinski definition) is 3. The Balaban J connectivity index is 5.21. The molecule has 19 heteroatoms. The van der Waals surface area contributed by atoms with Crippen LogP contribution < -0.4 is 0 Å². The third-order valence-corrected chi connectivity index (χ3v) is 22.6. The maximum atomic E-state index is 13.1. The first-order valence-electron chi connectivity index (χ1n) is 44.7. The first-order valence-corrected chi connectivity index (χ1v) is 47.7. The molecular weight excluding hydrogens is 1380 g/mol. The van der Waals surface area contributed by atoms with Gasteiger partial charge in [-0.15, -0.1) is 0 Å². The Kier molecular flexibility index (Phi) is 74.3. The van der Waals surface area contributed by atoms with E-state index in [0.717, 1.165) is 120 Å². The second-order valence-corrected chi connectivity index (χ2v) is 35.9. The van der Waals surface area contributed by atoms with Gasteiger partial charge in [-0.2, -0.15) is 0 Å². The Labute approximate surface area is 651 Å². The lowest BCUT2D eigenvalue weighted by atomic mass is 10.00. The highest BCUT2D eigenvalue weighted by molar-refractivity contribution is 7.47. The molecule has 3 unspecified atom stereocenters. The van der Waals surface area contributed by atoms with E-state index < -0.39 is 97.5 Å². The first kappa shape index (κ1) is 104. The van der Waals surface area contributed by atoms with Crippen molar-refractivity contribution in [2.75, 3.05) is 39.6 Å². The minimum absolute atomic E-state index is 0.107. The summed E-state index contributed by atoms with van der Waals surface area (Å²) in [4.78, 5) is 73.2. The largest absolute Gasteiger partial charge is 0.472 e. The molecule has 17 nitrogen and oxygen atoms in total. The zero-order valence-corrected chi connectivity index (χ0v) is 71.9. The van der Waals surface area contributed by atoms with Crippen LogP contribution in [0.3, 0.4) is 0 Å². The molecule has 0 aromatic carbocycles. The zero-order chi connectivity index (χ0) is 78.1. The van der Waals surface area contributed by atoms with Crippen molar-refractivity contribution in [2.45, 2.75) is 472 Å². The van der Waals surface area contributed by atoms with Gasteiger partial charge in [-0.3, -0.25) is 37.3 Å². The first-order chi connectivity index (χ1) is 51.1. The van der Waals surface area contributed by atoms with Gasteiger partial charge in [0.05, 0.1) is 26.4 Å². The van der Waals surface area contributed by atoms with Gasteiger partial charge >= 0.3 is 39.5 Å². The summed E-state index contributed by atoms with van der Waals surface area (Å²) in [6.07, 6.45) is 65.3. The number of rotatable bonds is 84. The SMILES string of the molecule is CCC(C)CCCCCCCCC(=O)OC[C@H](COP(=O)(O)OC[C@H](O)COP(=O)(O)OC[C@@H](COC(=O)CCCCCCCCCCCCCCCCCCC(C)C)OC(=O)CCCCCCCCCCCCCCCC(C)C)OC(=O)CCCCCCCCCCCCCCCCCCCCC(C)C. The number of aliphatic hydroxyl groups excluding tert-OH is 1. The molecule has 0 saturated carbocycles. The van der Waals surface area contributed by atoms with Crippen LogP contribution in [0.1, 0.15) is 453 Å². The van der Waals surface area contributed by atoms with E-state index in [1.807, 2.05) is 0 Å². The van der Waals surface area contributed by atoms with Crippen LogP contribution in [0.15, 0.2) is 0 Å². The van der Waals surface area contributed by atoms with Gasteiger partial charge in [-0.05, 0) is 49.4 Å². The van der Waals surface area contributed by atoms with Crippen molar-refractivity contribution in [3.05, 3.63) is 0 Å². The van der Waals surface area contributed by atoms with Gasteiger partial charge in [-0.1, -0.05) is 402 Å². The molecule has 0 amide bonds. The fourth-order valence-electron chi connectivity index (χ4n) is 13.5. The van der Waals surface area contributed by atoms with Crippen LogP contribution in [0.2, 0.25) is 0 Å². The van der Waals surface area contributed by atoms with Crippen molar-refractivity contribution in [3.8, 4) is 0 Å². The Bertz CT molecular complexity index is 2060. The molecule has 0 fully saturated rings. The van der Waals surface area contributed by atoms with Crippen molar-refractivity contribution >= 4 is 39.5 Å². The molecular formula is C87H170O17P2. The molecule has 0 heterocycles. The van der Waals surface area contributed by atoms with E-state index in [4.69, 9.17) is 37.0 Å². The normalized spacial score (nSPS) is 14.2. The Hall–Kier alpha value is -1.94. The molecule has 0 bridgehead atoms. The van der Waals surface area contributed by atoms with Crippen LogP contribution in [0.5, 0.6) is 0 Å². The van der Waals surface area contributed by atoms with Crippen LogP contribution in [0.25, 0.3) is 0 Å². The topological polar surface area (TPSA) is 237 Å². The van der Waals surface area contributed by atoms with E-state index in [1.54, 1.807) is 0 Å². The number of carbonyl (C=O) groups excluding carboxylic acids is 4. The number of hydrogen-bond acceptors (Lipinski definition) is 15. The van der Waals surface area contributed by atoms with Gasteiger partial charge in [0.25, 0.3) is 0 Å². The van der Waals surface area contributed by atoms with Gasteiger partial charge in [-0.25, -0.2) is 9.13 Å². The van der Waals surface area contributed by atoms with Crippen LogP contribution in [-0.2, 0) is 65.4 Å². The summed E-state index contributed by atoms with van der Waals surface area (Å²) in [5.41, 5.74) is 0. The van der Waals surface area contributed by atoms with Gasteiger partial charge in [0.15, 0.2) is 12.2 Å². The highest BCUT2D eigenvalue weighted by atomic mass is 31.2. The summed E-state index contributed by atoms with van der Waals surface area (Å²) in [7, 11) is -9.93. The van der Waals surface area contributed by atoms with Crippen LogP contribution >= 0.6 is 15.6 Å². The minimum atomic E-state index is -4.97. The number of aliphatic hydroxyl groups is 1. The van der Waals surface area contributed by atoms with Crippen molar-refractivity contribution in [1.29, 1.82) is 0 Å². The fraction of sp³-hybridized carbons (Fsp3) is 0.954. The van der Waals surface area contributed by atoms with Crippen molar-refractivity contribution < 1.29 is 80.2 Å². The molecule has 3 N–H and O–H groups in total. The Morgan fingerprint density at radius 2 is 0.453 bits per heavy atom. The third-order valence-electron chi connectivity index (χ3n) is 20.7. The molecule has 0 spiro atoms. The van der Waals surface area contributed by atoms with Crippen LogP contribution in [0, 0.1) is 23.7 Å². The lowest BCUT2D eigenvalue weighted by Crippen LogP contribution is -2.30. The van der Waals surface area contributed by atoms with Crippen LogP contribution in [0.4, 0.5) is 0 Å². The summed E-state index contributed by atoms with van der Waals surface area (Å²) >= 11 is 0. The molecule has 0 aliphatic carbocycles. The standard InChI is InChI=1S/C87H170O17P2/c1-9-80(8)66-58-50-45-46-52-60-68-85(90)98-74-83(104-87(92)69-61-53-43-37-31-25-19-13-11-10-12-16-21-27-33-39-47-55-63-77(2)3)76-102-106(95,96)100-72-81(88)71-99-105(93,94)101-75-82(103-86(91)70-62-54-44-38-32-26-20-23-29-35-41-49-57-65-79(6)7)73-97-84(89)67-59-51-42-36-30-24-18-15-14-17-22-28-34-40-48-56-64-78(4)5/h77-83,88H,9-76H2,1-8H3,(H,93,94)(H,95,96)/t80?,81-,82-,83-/m1/s1. The molecule has 630 valence electrons. The number of ether oxygens (including phenoxy) is 4. The maximum Gasteiger partial charge on any atom is 0.472 e. The van der Waals surface area contributed by atoms with Crippen LogP contribution in [-0.4, -0.2) is 96.7 Å². The van der Waals surface area contributed by atoms with Crippen molar-refractivity contribution in [2.24, 2.45) is 23.7 Å². The Morgan fingerprint density at radius 1 is 0.264 bits per heavy atom. The summed E-state index contributed by atoms with van der Waals surface area (Å²) in [5, 5.41) is 10.7. The van der Waals surface area contributed by atoms with E-state index in [1.165, 1.54) is 250 Å². The quantitative estimate of drug-likeness (QED) is 0.0222. The summed E-state index contributed by atoms with van der Waals surface area (Å²) in [5.74, 6) is 1.04. The lowest BCUT2D eigenvalue weighted by Gasteiger charge is -2.21. The summed E-state index contributed by atoms with van der Waals surface area (Å²) in [6, 6.07) is 0. The van der Waals surface area contributed by atoms with E-state index in [9.17, 15) is 43.2 Å². The van der Waals surface area contributed by atoms with E-state index in [0.29, 0.717) is 25.7 Å². The Morgan fingerprint density at radius 3 is 0.670 bits per heavy atom. The highest BCUT2D eigenvalue weighted by Crippen LogP contribution is 2.45. The molecule has 0 aliphatic rings. The third kappa shape index (κ3) is 78.7. The number of carbonyl (C=O) groups is 4. The molecule has 0 aliphatic heterocycles. The molecule has 0 rings (SSSR count). The summed E-state index contributed by atoms with van der Waals surface area (Å²) < 4.78 is 68.9. The minimum Gasteiger partial charge on any atom is -0.462 e. The smallest absolute Gasteiger partial charge is 0.462 e. The number of phosphoric ester groups is 2. The average Bonchev–Trinajstić information content (AvgIpc) is 0.900. The van der Waals surface area contributed by atoms with Gasteiger partial charge < -0.3 is 33.8 Å². The van der Waals surface area contributed by atoms with Gasteiger partial charge in [0, 0.05) is 25.7 Å². The highest BCUT2D eigenvalue weighted by Gasteiger charge is 2.31. The van der Waals surface area contributed by atoms with Crippen molar-refractivity contribution in [1.82, 2.24) is 0 Å². The molecule has 0 radical (unpaired) electrons. The maximum absolute atomic E-state index is 13.1. The molecule has 0 saturated heterocycles. The van der Waals surface area contributed by atoms with E-state index in [2.05, 4.69) is 55.4 Å². The number of phosphoric acid groups is 2. The monoisotopic (exact) mass is 1550 g/mol. The zero-order valence-electron chi connectivity index (χ0n) is 70.1. The lowest BCUT2D eigenvalue weighted by molar-refractivity contribution is -0.161. The van der Waals surface area contributed by atoms with E-state index in [-0.39, 0.29) is 25.7 Å². The molecule has 106 heavy (non-hydrogen) atoms. The predicted octanol–water partition coefficient (Wildman–Crippen LogP) is 26.3. The predicted molar refractivity (Wildman–Crippen MR) is 437 cm³/mol. The fourth-order valence-corrected chi connectivity index (χ4v) is 15.0. The van der Waals surface area contributed by atoms with Gasteiger partial charge in [0.1, 0.15) is 19.3 Å². The molecule has 0 aromatic heterocycles. The van der Waals surface area contributed by atoms with Crippen molar-refractivity contribution in [3.63, 3.8) is 0 Å². The number of unbranched alkanes of at least 4 members (excludes halogenated alkanes) is 49. The second kappa shape index (κ2) is 75.7. The summed E-state index contributed by atoms with van der Waals surface area (Å²) in [6.45, 7) is 14.3. The average molecular weight is 1550 g/mol. The second-order valence-electron chi connectivity index (χ2n) is 33.0. The van der Waals surface area contributed by atoms with E-state index >= 15 is 0 Å². The molecule has 0 aromatic rings. The van der Waals surface area contributed by atoms with Gasteiger partial charge in [0.2, 0.25) is 0 Å². The number of esters is 4. The molecule has 6 atom stereocenters.